The van der Waals surface area contributed by atoms with Gasteiger partial charge >= 0.3 is 5.97 Å². The van der Waals surface area contributed by atoms with E-state index in [1.165, 1.54) is 0 Å². The van der Waals surface area contributed by atoms with Gasteiger partial charge in [-0.25, -0.2) is 4.79 Å². The predicted octanol–water partition coefficient (Wildman–Crippen LogP) is 0.318. The summed E-state index contributed by atoms with van der Waals surface area (Å²) in [6.07, 6.45) is 5.44. The van der Waals surface area contributed by atoms with Gasteiger partial charge in [-0.2, -0.15) is 0 Å². The molecule has 4 nitrogen and oxygen atoms in total. The van der Waals surface area contributed by atoms with Crippen molar-refractivity contribution in [3.63, 3.8) is 0 Å². The van der Waals surface area contributed by atoms with E-state index in [0.717, 1.165) is 0 Å². The quantitative estimate of drug-likeness (QED) is 0.616. The van der Waals surface area contributed by atoms with Crippen LogP contribution in [0.5, 0.6) is 0 Å². The molecule has 70 valence electrons. The number of hydrogen-bond acceptors (Lipinski definition) is 2. The van der Waals surface area contributed by atoms with Gasteiger partial charge in [-0.15, -0.1) is 0 Å². The molecule has 0 aromatic carbocycles. The van der Waals surface area contributed by atoms with E-state index >= 15 is 0 Å². The smallest absolute Gasteiger partial charge is 0.335 e. The third-order valence-electron chi connectivity index (χ3n) is 2.01. The van der Waals surface area contributed by atoms with Crippen molar-refractivity contribution in [1.29, 1.82) is 0 Å². The molecule has 0 radical (unpaired) electrons. The summed E-state index contributed by atoms with van der Waals surface area (Å²) >= 11 is 0. The third-order valence-corrected chi connectivity index (χ3v) is 2.01. The number of hydrogen-bond donors (Lipinski definition) is 2. The van der Waals surface area contributed by atoms with E-state index in [1.54, 1.807) is 18.2 Å². The van der Waals surface area contributed by atoms with Crippen molar-refractivity contribution in [3.8, 4) is 0 Å². The van der Waals surface area contributed by atoms with E-state index in [-0.39, 0.29) is 17.5 Å². The number of carbonyl (C=O) groups is 2. The fourth-order valence-electron chi connectivity index (χ4n) is 1.20. The van der Waals surface area contributed by atoms with Crippen molar-refractivity contribution in [2.24, 2.45) is 5.92 Å². The van der Waals surface area contributed by atoms with E-state index in [2.05, 4.69) is 5.32 Å². The summed E-state index contributed by atoms with van der Waals surface area (Å²) in [5.74, 6) is -0.839. The van der Waals surface area contributed by atoms with Gasteiger partial charge in [-0.3, -0.25) is 4.79 Å². The van der Waals surface area contributed by atoms with Gasteiger partial charge in [0.15, 0.2) is 0 Å². The van der Waals surface area contributed by atoms with Crippen molar-refractivity contribution >= 4 is 12.4 Å². The predicted molar refractivity (Wildman–Crippen MR) is 47.0 cm³/mol. The highest BCUT2D eigenvalue weighted by Crippen LogP contribution is 2.16. The van der Waals surface area contributed by atoms with Crippen LogP contribution in [0.4, 0.5) is 0 Å². The van der Waals surface area contributed by atoms with Crippen LogP contribution >= 0.6 is 0 Å². The van der Waals surface area contributed by atoms with E-state index < -0.39 is 5.97 Å². The maximum absolute atomic E-state index is 10.6. The molecule has 0 bridgehead atoms. The van der Waals surface area contributed by atoms with E-state index in [4.69, 9.17) is 5.11 Å². The lowest BCUT2D eigenvalue weighted by Gasteiger charge is -2.20. The lowest BCUT2D eigenvalue weighted by molar-refractivity contribution is -0.132. The van der Waals surface area contributed by atoms with Crippen LogP contribution in [0, 0.1) is 5.92 Å². The minimum absolute atomic E-state index is 0.133. The molecule has 13 heavy (non-hydrogen) atoms. The van der Waals surface area contributed by atoms with Gasteiger partial charge in [-0.1, -0.05) is 19.1 Å². The summed E-state index contributed by atoms with van der Waals surface area (Å²) in [4.78, 5) is 20.8. The van der Waals surface area contributed by atoms with E-state index in [0.29, 0.717) is 6.41 Å². The van der Waals surface area contributed by atoms with Crippen LogP contribution in [-0.4, -0.2) is 23.5 Å². The largest absolute Gasteiger partial charge is 0.478 e. The van der Waals surface area contributed by atoms with Gasteiger partial charge in [0.1, 0.15) is 0 Å². The first kappa shape index (κ1) is 9.51. The minimum Gasteiger partial charge on any atom is -0.478 e. The van der Waals surface area contributed by atoms with Crippen LogP contribution < -0.4 is 5.32 Å². The van der Waals surface area contributed by atoms with Crippen molar-refractivity contribution in [2.75, 3.05) is 0 Å². The van der Waals surface area contributed by atoms with Crippen LogP contribution in [0.25, 0.3) is 0 Å². The summed E-state index contributed by atoms with van der Waals surface area (Å²) in [5, 5.41) is 11.2. The highest BCUT2D eigenvalue weighted by atomic mass is 16.4. The molecule has 0 spiro atoms. The molecule has 1 rings (SSSR count). The first-order valence-electron chi connectivity index (χ1n) is 3.98. The molecule has 2 N–H and O–H groups in total. The number of amides is 1. The third kappa shape index (κ3) is 2.18. The van der Waals surface area contributed by atoms with Crippen LogP contribution in [0.15, 0.2) is 23.8 Å². The standard InChI is InChI=1S/C9H11NO3/c1-6-2-3-7(9(12)13)4-8(6)10-5-11/h2-6,8H,1H3,(H,10,11)(H,12,13). The lowest BCUT2D eigenvalue weighted by atomic mass is 9.93. The highest BCUT2D eigenvalue weighted by Gasteiger charge is 2.18. The summed E-state index contributed by atoms with van der Waals surface area (Å²) in [5.41, 5.74) is 0.220. The summed E-state index contributed by atoms with van der Waals surface area (Å²) in [6.45, 7) is 1.91. The Balaban J connectivity index is 2.79. The molecule has 0 aliphatic heterocycles. The molecular weight excluding hydrogens is 170 g/mol. The zero-order valence-electron chi connectivity index (χ0n) is 7.23. The van der Waals surface area contributed by atoms with Gasteiger partial charge < -0.3 is 10.4 Å². The maximum Gasteiger partial charge on any atom is 0.335 e. The molecule has 1 aliphatic carbocycles. The molecule has 0 heterocycles. The second kappa shape index (κ2) is 3.89. The van der Waals surface area contributed by atoms with Crippen molar-refractivity contribution in [2.45, 2.75) is 13.0 Å². The molecular formula is C9H11NO3. The van der Waals surface area contributed by atoms with Crippen LogP contribution in [0.3, 0.4) is 0 Å². The Bertz CT molecular complexity index is 281. The Labute approximate surface area is 75.9 Å². The number of carboxylic acids is 1. The second-order valence-electron chi connectivity index (χ2n) is 2.96. The van der Waals surface area contributed by atoms with Crippen molar-refractivity contribution in [3.05, 3.63) is 23.8 Å². The monoisotopic (exact) mass is 181 g/mol. The summed E-state index contributed by atoms with van der Waals surface area (Å²) in [6, 6.07) is -0.214. The molecule has 4 heteroatoms. The Morgan fingerprint density at radius 1 is 1.69 bits per heavy atom. The number of rotatable bonds is 3. The Hall–Kier alpha value is -1.58. The minimum atomic E-state index is -0.971. The molecule has 2 atom stereocenters. The Morgan fingerprint density at radius 3 is 2.92 bits per heavy atom. The van der Waals surface area contributed by atoms with Gasteiger partial charge in [0.25, 0.3) is 0 Å². The molecule has 0 aromatic rings. The first-order valence-corrected chi connectivity index (χ1v) is 3.98. The molecule has 0 aromatic heterocycles. The van der Waals surface area contributed by atoms with Crippen LogP contribution in [0.1, 0.15) is 6.92 Å². The topological polar surface area (TPSA) is 66.4 Å². The van der Waals surface area contributed by atoms with Gasteiger partial charge in [0, 0.05) is 0 Å². The first-order chi connectivity index (χ1) is 6.15. The average molecular weight is 181 g/mol. The number of nitrogens with one attached hydrogen (secondary N) is 1. The average Bonchev–Trinajstić information content (AvgIpc) is 2.08. The van der Waals surface area contributed by atoms with Gasteiger partial charge in [0.2, 0.25) is 6.41 Å². The molecule has 0 saturated carbocycles. The maximum atomic E-state index is 10.6. The molecule has 1 amide bonds. The SMILES string of the molecule is CC1C=CC(C(=O)O)=CC1NC=O. The Morgan fingerprint density at radius 2 is 2.38 bits per heavy atom. The molecule has 2 unspecified atom stereocenters. The zero-order chi connectivity index (χ0) is 9.84. The van der Waals surface area contributed by atoms with E-state index in [9.17, 15) is 9.59 Å². The van der Waals surface area contributed by atoms with Crippen LogP contribution in [0.2, 0.25) is 0 Å². The van der Waals surface area contributed by atoms with Crippen molar-refractivity contribution in [1.82, 2.24) is 5.32 Å². The molecule has 0 saturated heterocycles. The van der Waals surface area contributed by atoms with Gasteiger partial charge in [0.05, 0.1) is 11.6 Å². The molecule has 0 fully saturated rings. The second-order valence-corrected chi connectivity index (χ2v) is 2.96. The fourth-order valence-corrected chi connectivity index (χ4v) is 1.20. The van der Waals surface area contributed by atoms with Crippen molar-refractivity contribution < 1.29 is 14.7 Å². The number of carbonyl (C=O) groups excluding carboxylic acids is 1. The Kier molecular flexibility index (Phi) is 2.84. The van der Waals surface area contributed by atoms with Crippen LogP contribution in [-0.2, 0) is 9.59 Å². The summed E-state index contributed by atoms with van der Waals surface area (Å²) in [7, 11) is 0. The summed E-state index contributed by atoms with van der Waals surface area (Å²) < 4.78 is 0. The number of carboxylic acid groups (broad SMARTS) is 1. The number of aliphatic carboxylic acids is 1. The molecule has 1 aliphatic rings. The van der Waals surface area contributed by atoms with E-state index in [1.807, 2.05) is 6.92 Å². The normalized spacial score (nSPS) is 26.4. The zero-order valence-corrected chi connectivity index (χ0v) is 7.23. The fraction of sp³-hybridized carbons (Fsp3) is 0.333. The lowest BCUT2D eigenvalue weighted by Crippen LogP contribution is -2.33. The van der Waals surface area contributed by atoms with Gasteiger partial charge in [-0.05, 0) is 12.0 Å². The highest BCUT2D eigenvalue weighted by molar-refractivity contribution is 5.90.